The lowest BCUT2D eigenvalue weighted by atomic mass is 10.2. The largest absolute Gasteiger partial charge is 0.444 e. The molecule has 1 aliphatic heterocycles. The van der Waals surface area contributed by atoms with Crippen LogP contribution in [0.2, 0.25) is 5.02 Å². The number of hydrogen-bond acceptors (Lipinski definition) is 6. The van der Waals surface area contributed by atoms with Gasteiger partial charge in [0.1, 0.15) is 17.3 Å². The monoisotopic (exact) mass is 437 g/mol. The van der Waals surface area contributed by atoms with E-state index in [4.69, 9.17) is 25.8 Å². The van der Waals surface area contributed by atoms with Crippen LogP contribution in [0.3, 0.4) is 0 Å². The Balaban J connectivity index is 2.13. The number of carbonyl (C=O) groups excluding carboxylic acids is 2. The van der Waals surface area contributed by atoms with Crippen LogP contribution >= 0.6 is 11.6 Å². The summed E-state index contributed by atoms with van der Waals surface area (Å²) in [5.74, 6) is 6.04. The number of carbonyl (C=O) groups is 2. The van der Waals surface area contributed by atoms with Crippen molar-refractivity contribution in [1.82, 2.24) is 9.88 Å². The Morgan fingerprint density at radius 2 is 1.90 bits per heavy atom. The van der Waals surface area contributed by atoms with E-state index in [9.17, 15) is 9.59 Å². The summed E-state index contributed by atoms with van der Waals surface area (Å²) < 4.78 is 16.3. The van der Waals surface area contributed by atoms with Gasteiger partial charge in [0.05, 0.1) is 23.7 Å². The third-order valence-corrected chi connectivity index (χ3v) is 3.91. The van der Waals surface area contributed by atoms with Gasteiger partial charge in [-0.15, -0.1) is 0 Å². The molecule has 1 N–H and O–H groups in total. The van der Waals surface area contributed by atoms with Gasteiger partial charge in [-0.05, 0) is 47.6 Å². The maximum Gasteiger partial charge on any atom is 0.413 e. The van der Waals surface area contributed by atoms with Crippen molar-refractivity contribution in [2.75, 3.05) is 25.0 Å². The van der Waals surface area contributed by atoms with Crippen molar-refractivity contribution in [1.29, 1.82) is 0 Å². The van der Waals surface area contributed by atoms with Crippen molar-refractivity contribution in [2.45, 2.75) is 58.8 Å². The number of nitrogens with zero attached hydrogens (tertiary/aromatic N) is 2. The molecule has 1 atom stereocenters. The van der Waals surface area contributed by atoms with Crippen molar-refractivity contribution < 1.29 is 23.8 Å². The summed E-state index contributed by atoms with van der Waals surface area (Å²) in [6.07, 6.45) is -0.145. The Bertz CT molecular complexity index is 849. The van der Waals surface area contributed by atoms with E-state index >= 15 is 0 Å². The van der Waals surface area contributed by atoms with E-state index in [1.807, 2.05) is 20.8 Å². The van der Waals surface area contributed by atoms with Crippen LogP contribution < -0.4 is 5.32 Å². The van der Waals surface area contributed by atoms with Crippen LogP contribution in [0.5, 0.6) is 0 Å². The van der Waals surface area contributed by atoms with Gasteiger partial charge >= 0.3 is 12.2 Å². The first-order valence-corrected chi connectivity index (χ1v) is 9.97. The second-order valence-electron chi connectivity index (χ2n) is 8.70. The molecule has 30 heavy (non-hydrogen) atoms. The van der Waals surface area contributed by atoms with Gasteiger partial charge in [0.25, 0.3) is 0 Å². The molecule has 0 saturated carbocycles. The minimum absolute atomic E-state index is 0.184. The van der Waals surface area contributed by atoms with Gasteiger partial charge in [0.2, 0.25) is 0 Å². The van der Waals surface area contributed by atoms with Gasteiger partial charge in [-0.3, -0.25) is 5.32 Å². The number of pyridine rings is 1. The number of aromatic nitrogens is 1. The van der Waals surface area contributed by atoms with E-state index < -0.39 is 29.5 Å². The zero-order valence-corrected chi connectivity index (χ0v) is 18.9. The predicted octanol–water partition coefficient (Wildman–Crippen LogP) is 4.07. The van der Waals surface area contributed by atoms with Crippen LogP contribution in [0.1, 0.15) is 47.1 Å². The molecule has 0 aromatic carbocycles. The van der Waals surface area contributed by atoms with Gasteiger partial charge in [-0.25, -0.2) is 14.6 Å². The first-order valence-electron chi connectivity index (χ1n) is 9.59. The molecule has 1 saturated heterocycles. The SMILES string of the molecule is CC(C)(C)OC(=O)Nc1nccc(Cl)c1C#C[C@H]1CN(C(=O)OC(C)(C)C)CCO1. The normalized spacial score (nSPS) is 16.9. The van der Waals surface area contributed by atoms with Crippen LogP contribution in [0, 0.1) is 11.8 Å². The maximum absolute atomic E-state index is 12.3. The van der Waals surface area contributed by atoms with Gasteiger partial charge in [-0.1, -0.05) is 23.4 Å². The number of hydrogen-bond donors (Lipinski definition) is 1. The van der Waals surface area contributed by atoms with E-state index in [1.165, 1.54) is 6.20 Å². The van der Waals surface area contributed by atoms with E-state index in [-0.39, 0.29) is 12.4 Å². The summed E-state index contributed by atoms with van der Waals surface area (Å²) in [6.45, 7) is 11.7. The molecule has 0 unspecified atom stereocenters. The number of morpholine rings is 1. The Morgan fingerprint density at radius 3 is 2.53 bits per heavy atom. The van der Waals surface area contributed by atoms with Crippen LogP contribution in [-0.2, 0) is 14.2 Å². The summed E-state index contributed by atoms with van der Waals surface area (Å²) in [6, 6.07) is 1.57. The fourth-order valence-corrected chi connectivity index (χ4v) is 2.63. The average molecular weight is 438 g/mol. The van der Waals surface area contributed by atoms with Crippen LogP contribution in [0.15, 0.2) is 12.3 Å². The van der Waals surface area contributed by atoms with Gasteiger partial charge in [0.15, 0.2) is 5.82 Å². The fourth-order valence-electron chi connectivity index (χ4n) is 2.43. The Labute approximate surface area is 182 Å². The van der Waals surface area contributed by atoms with Crippen molar-refractivity contribution in [2.24, 2.45) is 0 Å². The third kappa shape index (κ3) is 7.73. The highest BCUT2D eigenvalue weighted by Crippen LogP contribution is 2.22. The minimum Gasteiger partial charge on any atom is -0.444 e. The van der Waals surface area contributed by atoms with Crippen LogP contribution in [0.25, 0.3) is 0 Å². The number of anilines is 1. The highest BCUT2D eigenvalue weighted by Gasteiger charge is 2.27. The summed E-state index contributed by atoms with van der Waals surface area (Å²) >= 11 is 6.26. The molecule has 1 aromatic rings. The van der Waals surface area contributed by atoms with Gasteiger partial charge < -0.3 is 19.1 Å². The van der Waals surface area contributed by atoms with E-state index in [2.05, 4.69) is 22.1 Å². The number of nitrogens with one attached hydrogen (secondary N) is 1. The lowest BCUT2D eigenvalue weighted by Crippen LogP contribution is -2.47. The van der Waals surface area contributed by atoms with E-state index in [0.29, 0.717) is 23.7 Å². The lowest BCUT2D eigenvalue weighted by molar-refractivity contribution is -0.0236. The Morgan fingerprint density at radius 1 is 1.23 bits per heavy atom. The van der Waals surface area contributed by atoms with Crippen molar-refractivity contribution >= 4 is 29.6 Å². The zero-order valence-electron chi connectivity index (χ0n) is 18.2. The highest BCUT2D eigenvalue weighted by molar-refractivity contribution is 6.32. The zero-order chi connectivity index (χ0) is 22.5. The third-order valence-electron chi connectivity index (χ3n) is 3.60. The summed E-state index contributed by atoms with van der Waals surface area (Å²) in [5.41, 5.74) is -0.902. The molecule has 1 fully saturated rings. The van der Waals surface area contributed by atoms with Gasteiger partial charge in [-0.2, -0.15) is 0 Å². The molecule has 0 aliphatic carbocycles. The average Bonchev–Trinajstić information content (AvgIpc) is 2.58. The van der Waals surface area contributed by atoms with E-state index in [1.54, 1.807) is 31.7 Å². The summed E-state index contributed by atoms with van der Waals surface area (Å²) in [5, 5.41) is 2.89. The van der Waals surface area contributed by atoms with E-state index in [0.717, 1.165) is 0 Å². The topological polar surface area (TPSA) is 90.0 Å². The molecule has 8 nitrogen and oxygen atoms in total. The minimum atomic E-state index is -0.662. The van der Waals surface area contributed by atoms with Gasteiger partial charge in [0, 0.05) is 12.7 Å². The summed E-state index contributed by atoms with van der Waals surface area (Å²) in [7, 11) is 0. The standard InChI is InChI=1S/C21H28ClN3O5/c1-20(2,3)29-18(26)24-17-15(16(22)9-10-23-17)8-7-14-13-25(11-12-28-14)19(27)30-21(4,5)6/h9-10,14H,11-13H2,1-6H3,(H,23,24,26)/t14-/m0/s1. The predicted molar refractivity (Wildman–Crippen MR) is 114 cm³/mol. The molecule has 2 rings (SSSR count). The summed E-state index contributed by atoms with van der Waals surface area (Å²) in [4.78, 5) is 30.1. The van der Waals surface area contributed by atoms with Crippen LogP contribution in [0.4, 0.5) is 15.4 Å². The highest BCUT2D eigenvalue weighted by atomic mass is 35.5. The van der Waals surface area contributed by atoms with Crippen molar-refractivity contribution in [3.8, 4) is 11.8 Å². The van der Waals surface area contributed by atoms with Crippen LogP contribution in [-0.4, -0.2) is 59.1 Å². The second-order valence-corrected chi connectivity index (χ2v) is 9.11. The molecule has 0 radical (unpaired) electrons. The molecule has 0 bridgehead atoms. The molecular formula is C21H28ClN3O5. The smallest absolute Gasteiger partial charge is 0.413 e. The number of ether oxygens (including phenoxy) is 3. The number of rotatable bonds is 1. The molecule has 1 aromatic heterocycles. The second kappa shape index (κ2) is 9.54. The molecule has 164 valence electrons. The van der Waals surface area contributed by atoms with Crippen molar-refractivity contribution in [3.05, 3.63) is 22.8 Å². The van der Waals surface area contributed by atoms with Crippen molar-refractivity contribution in [3.63, 3.8) is 0 Å². The Hall–Kier alpha value is -2.50. The number of halogens is 1. The molecular weight excluding hydrogens is 410 g/mol. The fraction of sp³-hybridized carbons (Fsp3) is 0.571. The number of amides is 2. The molecule has 0 spiro atoms. The molecule has 1 aliphatic rings. The maximum atomic E-state index is 12.3. The first-order chi connectivity index (χ1) is 13.8. The quantitative estimate of drug-likeness (QED) is 0.666. The first kappa shape index (κ1) is 23.8. The molecule has 9 heteroatoms. The molecule has 2 amide bonds. The molecule has 2 heterocycles. The lowest BCUT2D eigenvalue weighted by Gasteiger charge is -2.32. The Kier molecular flexibility index (Phi) is 7.56.